The van der Waals surface area contributed by atoms with E-state index < -0.39 is 12.1 Å². The first-order valence-electron chi connectivity index (χ1n) is 37.1. The van der Waals surface area contributed by atoms with Crippen LogP contribution in [-0.2, 0) is 21.1 Å². The smallest absolute Gasteiger partial charge is 0.272 e. The van der Waals surface area contributed by atoms with Gasteiger partial charge in [-0.1, -0.05) is 145 Å². The lowest BCUT2D eigenvalue weighted by molar-refractivity contribution is 0.0926. The van der Waals surface area contributed by atoms with Gasteiger partial charge in [-0.3, -0.25) is 47.8 Å². The molecule has 0 saturated heterocycles. The lowest BCUT2D eigenvalue weighted by Gasteiger charge is -2.19. The van der Waals surface area contributed by atoms with Crippen LogP contribution in [0.4, 0.5) is 0 Å². The van der Waals surface area contributed by atoms with Gasteiger partial charge in [-0.25, -0.2) is 29.9 Å². The summed E-state index contributed by atoms with van der Waals surface area (Å²) in [4.78, 5) is 81.2. The standard InChI is InChI=1S/C33H26N6O.C31H25N7O.C29H24N6O/c1-21-30(32-26(19-35-21)12-8-16-34-32)33(40)37-22(2)31-28(24-9-5-4-6-10-24)17-27-25(11-7-13-29(27)38-31)15-14-23-18-36-39(3)20-23;1-20-28(30-32-14-15-38(30)19-33-20)31(39)35-21(2)29-26(23-8-5-4-6-9-23)16-25-24(10-7-11-27(25)36-29)13-12-22-17-34-37(3)18-22;1-19-28(31-15-14-30-19)29(36)33-20(2)27-25(22-8-5-4-6-9-22)16-24-23(10-7-11-26(24)34-27)13-12-21-17-32-35(3)18-21/h4-13,16-20,22H,1-3H3,(H,37,40);4-11,14-19,21H,1-3H3,(H,35,39);4-11,14-18,20H,1-3H3,(H,33,36)/t22-;21-;20-/m000/s1. The van der Waals surface area contributed by atoms with Crippen molar-refractivity contribution in [2.45, 2.75) is 59.7 Å². The molecular weight excluding hydrogens is 1430 g/mol. The molecule has 6 aromatic carbocycles. The number of fused-ring (bicyclic) bond motifs is 5. The van der Waals surface area contributed by atoms with Gasteiger partial charge in [0, 0.05) is 132 Å². The highest BCUT2D eigenvalue weighted by Crippen LogP contribution is 2.36. The van der Waals surface area contributed by atoms with Crippen LogP contribution in [0.15, 0.2) is 257 Å². The molecule has 0 aliphatic rings. The maximum atomic E-state index is 13.6. The third-order valence-electron chi connectivity index (χ3n) is 19.3. The van der Waals surface area contributed by atoms with Gasteiger partial charge in [-0.2, -0.15) is 15.3 Å². The zero-order valence-corrected chi connectivity index (χ0v) is 64.4. The molecule has 0 aliphatic carbocycles. The average Bonchev–Trinajstić information content (AvgIpc) is 1.05. The zero-order chi connectivity index (χ0) is 79.6. The Morgan fingerprint density at radius 2 is 0.800 bits per heavy atom. The van der Waals surface area contributed by atoms with Gasteiger partial charge in [-0.05, 0) is 125 Å². The van der Waals surface area contributed by atoms with Crippen LogP contribution in [0.5, 0.6) is 0 Å². The topological polar surface area (TPSA) is 261 Å². The third-order valence-corrected chi connectivity index (χ3v) is 19.3. The number of hydrogen-bond donors (Lipinski definition) is 3. The van der Waals surface area contributed by atoms with Crippen LogP contribution in [-0.4, -0.2) is 96.3 Å². The Kier molecular flexibility index (Phi) is 21.8. The van der Waals surface area contributed by atoms with Gasteiger partial charge in [-0.15, -0.1) is 0 Å². The van der Waals surface area contributed by atoms with E-state index in [0.29, 0.717) is 45.1 Å². The van der Waals surface area contributed by atoms with Gasteiger partial charge < -0.3 is 16.0 Å². The summed E-state index contributed by atoms with van der Waals surface area (Å²) >= 11 is 0. The number of nitrogens with one attached hydrogen (secondary N) is 3. The first-order chi connectivity index (χ1) is 55.9. The summed E-state index contributed by atoms with van der Waals surface area (Å²) in [5.41, 5.74) is 19.9. The SMILES string of the molecule is Cc1ncc2cccnc2c1C(=O)N[C@@H](C)c1nc2cccc(C#Cc3cnn(C)c3)c2cc1-c1ccccc1.Cc1nccnc1C(=O)N[C@@H](C)c1nc2cccc(C#Cc3cnn(C)c3)c2cc1-c1ccccc1.Cc1ncn2ccnc2c1C(=O)N[C@@H](C)c1nc2cccc(C#Cc3cnn(C)c3)c2cc1-c1ccccc1. The van der Waals surface area contributed by atoms with Gasteiger partial charge in [0.15, 0.2) is 5.65 Å². The van der Waals surface area contributed by atoms with Crippen molar-refractivity contribution < 1.29 is 14.4 Å². The minimum Gasteiger partial charge on any atom is -0.344 e. The van der Waals surface area contributed by atoms with E-state index in [-0.39, 0.29) is 23.8 Å². The van der Waals surface area contributed by atoms with E-state index in [4.69, 9.17) is 15.0 Å². The second-order valence-electron chi connectivity index (χ2n) is 27.5. The van der Waals surface area contributed by atoms with Gasteiger partial charge in [0.05, 0.1) is 115 Å². The predicted octanol–water partition coefficient (Wildman–Crippen LogP) is 15.3. The minimum absolute atomic E-state index is 0.237. The van der Waals surface area contributed by atoms with Crippen molar-refractivity contribution in [3.05, 3.63) is 341 Å². The maximum absolute atomic E-state index is 13.6. The Hall–Kier alpha value is -15.5. The van der Waals surface area contributed by atoms with Crippen LogP contribution in [0.3, 0.4) is 0 Å². The molecule has 3 N–H and O–H groups in total. The summed E-state index contributed by atoms with van der Waals surface area (Å²) in [6.45, 7) is 11.2. The number of nitrogens with zero attached hydrogens (tertiary/aromatic N) is 16. The van der Waals surface area contributed by atoms with Crippen molar-refractivity contribution in [2.75, 3.05) is 0 Å². The van der Waals surface area contributed by atoms with E-state index in [1.54, 1.807) is 81.3 Å². The van der Waals surface area contributed by atoms with E-state index >= 15 is 0 Å². The highest BCUT2D eigenvalue weighted by molar-refractivity contribution is 6.06. The second-order valence-corrected chi connectivity index (χ2v) is 27.5. The number of aromatic nitrogens is 16. The second kappa shape index (κ2) is 33.4. The van der Waals surface area contributed by atoms with E-state index in [0.717, 1.165) is 122 Å². The zero-order valence-electron chi connectivity index (χ0n) is 64.4. The first-order valence-corrected chi connectivity index (χ1v) is 37.1. The Balaban J connectivity index is 0.000000136. The average molecular weight is 1510 g/mol. The van der Waals surface area contributed by atoms with Gasteiger partial charge in [0.1, 0.15) is 17.6 Å². The van der Waals surface area contributed by atoms with Crippen LogP contribution >= 0.6 is 0 Å². The number of carbonyl (C=O) groups is 3. The summed E-state index contributed by atoms with van der Waals surface area (Å²) < 4.78 is 6.93. The molecule has 11 aromatic heterocycles. The Labute approximate surface area is 663 Å². The third kappa shape index (κ3) is 16.7. The molecule has 0 saturated carbocycles. The van der Waals surface area contributed by atoms with E-state index in [9.17, 15) is 14.4 Å². The van der Waals surface area contributed by atoms with E-state index in [2.05, 4.69) is 115 Å². The quantitative estimate of drug-likeness (QED) is 0.0961. The summed E-state index contributed by atoms with van der Waals surface area (Å²) in [6.07, 6.45) is 22.5. The summed E-state index contributed by atoms with van der Waals surface area (Å²) in [6, 6.07) is 56.8. The van der Waals surface area contributed by atoms with Gasteiger partial charge in [0.2, 0.25) is 0 Å². The lowest BCUT2D eigenvalue weighted by atomic mass is 9.96. The molecule has 3 amide bonds. The van der Waals surface area contributed by atoms with Crippen molar-refractivity contribution in [3.8, 4) is 68.9 Å². The Morgan fingerprint density at radius 3 is 1.23 bits per heavy atom. The molecule has 0 unspecified atom stereocenters. The molecule has 0 radical (unpaired) electrons. The minimum atomic E-state index is -0.393. The molecular formula is C93H75N19O3. The van der Waals surface area contributed by atoms with Crippen molar-refractivity contribution in [2.24, 2.45) is 21.1 Å². The summed E-state index contributed by atoms with van der Waals surface area (Å²) in [5, 5.41) is 25.6. The Morgan fingerprint density at radius 1 is 0.383 bits per heavy atom. The van der Waals surface area contributed by atoms with Crippen LogP contribution in [0.1, 0.15) is 138 Å². The highest BCUT2D eigenvalue weighted by Gasteiger charge is 2.26. The summed E-state index contributed by atoms with van der Waals surface area (Å²) in [7, 11) is 5.61. The molecule has 11 heterocycles. The van der Waals surface area contributed by atoms with Crippen LogP contribution in [0.25, 0.3) is 82.6 Å². The number of rotatable bonds is 12. The number of carbonyl (C=O) groups excluding carboxylic acids is 3. The van der Waals surface area contributed by atoms with Crippen LogP contribution in [0.2, 0.25) is 0 Å². The molecule has 22 nitrogen and oxygen atoms in total. The van der Waals surface area contributed by atoms with Gasteiger partial charge in [0.25, 0.3) is 17.7 Å². The molecule has 22 heteroatoms. The molecule has 17 rings (SSSR count). The highest BCUT2D eigenvalue weighted by atomic mass is 16.2. The number of imidazole rings is 1. The molecule has 3 atom stereocenters. The fraction of sp³-hybridized carbons (Fsp3) is 0.129. The number of hydrogen-bond acceptors (Lipinski definition) is 15. The molecule has 0 aliphatic heterocycles. The monoisotopic (exact) mass is 1510 g/mol. The largest absolute Gasteiger partial charge is 0.344 e. The van der Waals surface area contributed by atoms with Crippen molar-refractivity contribution in [3.63, 3.8) is 0 Å². The number of aryl methyl sites for hydroxylation is 6. The fourth-order valence-corrected chi connectivity index (χ4v) is 13.7. The van der Waals surface area contributed by atoms with Gasteiger partial charge >= 0.3 is 0 Å². The van der Waals surface area contributed by atoms with Crippen LogP contribution < -0.4 is 16.0 Å². The predicted molar refractivity (Wildman–Crippen MR) is 446 cm³/mol. The van der Waals surface area contributed by atoms with Crippen molar-refractivity contribution >= 4 is 67.0 Å². The molecule has 115 heavy (non-hydrogen) atoms. The van der Waals surface area contributed by atoms with Crippen molar-refractivity contribution in [1.29, 1.82) is 0 Å². The van der Waals surface area contributed by atoms with E-state index in [1.807, 2.05) is 232 Å². The number of pyridine rings is 5. The fourth-order valence-electron chi connectivity index (χ4n) is 13.7. The number of benzene rings is 6. The van der Waals surface area contributed by atoms with Crippen molar-refractivity contribution in [1.82, 2.24) is 94.5 Å². The molecule has 0 spiro atoms. The molecule has 0 fully saturated rings. The lowest BCUT2D eigenvalue weighted by Crippen LogP contribution is -2.29. The summed E-state index contributed by atoms with van der Waals surface area (Å²) in [5.74, 6) is 18.7. The molecule has 0 bridgehead atoms. The maximum Gasteiger partial charge on any atom is 0.272 e. The number of amides is 3. The van der Waals surface area contributed by atoms with Crippen LogP contribution in [0, 0.1) is 56.3 Å². The normalized spacial score (nSPS) is 11.7. The Bertz CT molecular complexity index is 6770. The first kappa shape index (κ1) is 75.0. The molecule has 560 valence electrons. The molecule has 17 aromatic rings. The van der Waals surface area contributed by atoms with E-state index in [1.165, 1.54) is 6.20 Å².